The zero-order chi connectivity index (χ0) is 6.04. The fourth-order valence-corrected chi connectivity index (χ4v) is 1.46. The Kier molecular flexibility index (Phi) is 2.07. The normalized spacial score (nSPS) is 24.8. The fourth-order valence-electron chi connectivity index (χ4n) is 0.704. The van der Waals surface area contributed by atoms with Crippen LogP contribution in [0.15, 0.2) is 0 Å². The van der Waals surface area contributed by atoms with Crippen molar-refractivity contribution in [2.24, 2.45) is 5.73 Å². The molecular formula is C4H10IN3. The number of nitrogens with two attached hydrogens (primary N) is 1. The van der Waals surface area contributed by atoms with Crippen LogP contribution in [0.5, 0.6) is 0 Å². The van der Waals surface area contributed by atoms with E-state index in [0.717, 1.165) is 19.6 Å². The van der Waals surface area contributed by atoms with E-state index in [2.05, 4.69) is 31.7 Å². The van der Waals surface area contributed by atoms with Crippen LogP contribution in [0.2, 0.25) is 0 Å². The predicted molar refractivity (Wildman–Crippen MR) is 41.8 cm³/mol. The molecule has 8 heavy (non-hydrogen) atoms. The lowest BCUT2D eigenvalue weighted by molar-refractivity contribution is 0.286. The zero-order valence-corrected chi connectivity index (χ0v) is 6.73. The van der Waals surface area contributed by atoms with Crippen molar-refractivity contribution in [3.05, 3.63) is 0 Å². The molecule has 1 fully saturated rings. The standard InChI is InChI=1S/C4H10IN3/c5-8-3-4(6)1-7-2-4/h7-8H,1-3,6H2. The molecule has 1 heterocycles. The molecule has 0 amide bonds. The van der Waals surface area contributed by atoms with E-state index in [0.29, 0.717) is 0 Å². The fraction of sp³-hybridized carbons (Fsp3) is 1.00. The number of rotatable bonds is 2. The third kappa shape index (κ3) is 1.31. The van der Waals surface area contributed by atoms with E-state index >= 15 is 0 Å². The molecule has 1 aliphatic rings. The van der Waals surface area contributed by atoms with Gasteiger partial charge in [0.25, 0.3) is 0 Å². The smallest absolute Gasteiger partial charge is 0.0541 e. The summed E-state index contributed by atoms with van der Waals surface area (Å²) in [5, 5.41) is 3.12. The molecule has 0 saturated carbocycles. The maximum absolute atomic E-state index is 5.78. The van der Waals surface area contributed by atoms with E-state index in [9.17, 15) is 0 Å². The first-order valence-corrected chi connectivity index (χ1v) is 3.68. The van der Waals surface area contributed by atoms with Crippen molar-refractivity contribution in [3.63, 3.8) is 0 Å². The summed E-state index contributed by atoms with van der Waals surface area (Å²) in [4.78, 5) is 0. The van der Waals surface area contributed by atoms with Gasteiger partial charge in [0.15, 0.2) is 0 Å². The van der Waals surface area contributed by atoms with Crippen LogP contribution in [-0.4, -0.2) is 25.2 Å². The lowest BCUT2D eigenvalue weighted by Crippen LogP contribution is -2.69. The zero-order valence-electron chi connectivity index (χ0n) is 4.58. The summed E-state index contributed by atoms with van der Waals surface area (Å²) in [6.07, 6.45) is 0. The number of hydrogen-bond acceptors (Lipinski definition) is 3. The van der Waals surface area contributed by atoms with Crippen LogP contribution in [0.4, 0.5) is 0 Å². The Balaban J connectivity index is 2.20. The summed E-state index contributed by atoms with van der Waals surface area (Å²) >= 11 is 2.11. The average Bonchev–Trinajstić information content (AvgIpc) is 1.64. The van der Waals surface area contributed by atoms with Crippen molar-refractivity contribution in [3.8, 4) is 0 Å². The van der Waals surface area contributed by atoms with E-state index in [1.807, 2.05) is 0 Å². The van der Waals surface area contributed by atoms with Gasteiger partial charge < -0.3 is 11.1 Å². The molecule has 0 aromatic heterocycles. The van der Waals surface area contributed by atoms with Crippen LogP contribution < -0.4 is 14.6 Å². The second-order valence-electron chi connectivity index (χ2n) is 2.28. The van der Waals surface area contributed by atoms with E-state index in [1.54, 1.807) is 0 Å². The van der Waals surface area contributed by atoms with Gasteiger partial charge in [-0.25, -0.2) is 0 Å². The molecular weight excluding hydrogens is 217 g/mol. The number of hydrogen-bond donors (Lipinski definition) is 3. The van der Waals surface area contributed by atoms with Gasteiger partial charge in [-0.3, -0.25) is 3.53 Å². The van der Waals surface area contributed by atoms with Gasteiger partial charge in [-0.15, -0.1) is 0 Å². The van der Waals surface area contributed by atoms with Gasteiger partial charge >= 0.3 is 0 Å². The minimum Gasteiger partial charge on any atom is -0.322 e. The van der Waals surface area contributed by atoms with Crippen LogP contribution in [-0.2, 0) is 0 Å². The van der Waals surface area contributed by atoms with Crippen molar-refractivity contribution in [2.45, 2.75) is 5.54 Å². The second-order valence-corrected chi connectivity index (χ2v) is 3.04. The Bertz CT molecular complexity index is 81.4. The van der Waals surface area contributed by atoms with Crippen molar-refractivity contribution < 1.29 is 0 Å². The molecule has 1 aliphatic heterocycles. The van der Waals surface area contributed by atoms with Crippen LogP contribution in [0.3, 0.4) is 0 Å². The molecule has 0 unspecified atom stereocenters. The first kappa shape index (κ1) is 6.73. The van der Waals surface area contributed by atoms with Gasteiger partial charge in [0.1, 0.15) is 0 Å². The Morgan fingerprint density at radius 2 is 2.38 bits per heavy atom. The summed E-state index contributed by atoms with van der Waals surface area (Å²) in [5.74, 6) is 0. The molecule has 0 spiro atoms. The summed E-state index contributed by atoms with van der Waals surface area (Å²) in [6.45, 7) is 2.80. The third-order valence-corrected chi connectivity index (χ3v) is 1.75. The number of nitrogens with one attached hydrogen (secondary N) is 2. The molecule has 4 heteroatoms. The van der Waals surface area contributed by atoms with Crippen LogP contribution in [0.1, 0.15) is 0 Å². The molecule has 48 valence electrons. The molecule has 0 aromatic rings. The van der Waals surface area contributed by atoms with Gasteiger partial charge in [0, 0.05) is 42.5 Å². The molecule has 4 N–H and O–H groups in total. The lowest BCUT2D eigenvalue weighted by Gasteiger charge is -2.38. The first-order chi connectivity index (χ1) is 3.77. The second kappa shape index (κ2) is 2.47. The molecule has 0 aliphatic carbocycles. The summed E-state index contributed by atoms with van der Waals surface area (Å²) < 4.78 is 3.02. The number of halogens is 1. The highest BCUT2D eigenvalue weighted by Crippen LogP contribution is 2.04. The molecule has 0 bridgehead atoms. The van der Waals surface area contributed by atoms with Crippen molar-refractivity contribution in [2.75, 3.05) is 19.6 Å². The largest absolute Gasteiger partial charge is 0.322 e. The van der Waals surface area contributed by atoms with E-state index in [-0.39, 0.29) is 5.54 Å². The molecule has 1 rings (SSSR count). The van der Waals surface area contributed by atoms with E-state index in [1.165, 1.54) is 0 Å². The summed E-state index contributed by atoms with van der Waals surface area (Å²) in [6, 6.07) is 0. The van der Waals surface area contributed by atoms with Crippen molar-refractivity contribution in [1.29, 1.82) is 0 Å². The topological polar surface area (TPSA) is 50.1 Å². The molecule has 0 radical (unpaired) electrons. The van der Waals surface area contributed by atoms with E-state index in [4.69, 9.17) is 5.73 Å². The minimum atomic E-state index is 0.0428. The van der Waals surface area contributed by atoms with Gasteiger partial charge in [0.2, 0.25) is 0 Å². The van der Waals surface area contributed by atoms with Crippen LogP contribution in [0, 0.1) is 0 Å². The average molecular weight is 227 g/mol. The Morgan fingerprint density at radius 1 is 1.75 bits per heavy atom. The SMILES string of the molecule is NC1(CNI)CNC1. The van der Waals surface area contributed by atoms with Gasteiger partial charge in [-0.2, -0.15) is 0 Å². The predicted octanol–water partition coefficient (Wildman–Crippen LogP) is -0.773. The molecule has 3 nitrogen and oxygen atoms in total. The Labute approximate surface area is 62.9 Å². The highest BCUT2D eigenvalue weighted by atomic mass is 127. The van der Waals surface area contributed by atoms with Gasteiger partial charge in [0.05, 0.1) is 5.54 Å². The Hall–Kier alpha value is 0.610. The Morgan fingerprint density at radius 3 is 2.50 bits per heavy atom. The highest BCUT2D eigenvalue weighted by molar-refractivity contribution is 14.1. The highest BCUT2D eigenvalue weighted by Gasteiger charge is 2.31. The monoisotopic (exact) mass is 227 g/mol. The van der Waals surface area contributed by atoms with Gasteiger partial charge in [-0.05, 0) is 0 Å². The van der Waals surface area contributed by atoms with Crippen molar-refractivity contribution in [1.82, 2.24) is 8.85 Å². The van der Waals surface area contributed by atoms with Crippen LogP contribution in [0.25, 0.3) is 0 Å². The quantitative estimate of drug-likeness (QED) is 0.428. The molecule has 0 atom stereocenters. The molecule has 1 saturated heterocycles. The summed E-state index contributed by atoms with van der Waals surface area (Å²) in [7, 11) is 0. The molecule has 0 aromatic carbocycles. The maximum atomic E-state index is 5.78. The lowest BCUT2D eigenvalue weighted by atomic mass is 9.95. The van der Waals surface area contributed by atoms with E-state index < -0.39 is 0 Å². The maximum Gasteiger partial charge on any atom is 0.0541 e. The van der Waals surface area contributed by atoms with Crippen LogP contribution >= 0.6 is 22.9 Å². The van der Waals surface area contributed by atoms with Gasteiger partial charge in [-0.1, -0.05) is 0 Å². The third-order valence-electron chi connectivity index (χ3n) is 1.37. The van der Waals surface area contributed by atoms with Crippen molar-refractivity contribution >= 4 is 22.9 Å². The summed E-state index contributed by atoms with van der Waals surface area (Å²) in [5.41, 5.74) is 5.83. The minimum absolute atomic E-state index is 0.0428. The first-order valence-electron chi connectivity index (χ1n) is 2.60.